The van der Waals surface area contributed by atoms with Crippen LogP contribution in [0.5, 0.6) is 5.75 Å². The lowest BCUT2D eigenvalue weighted by Gasteiger charge is -2.25. The van der Waals surface area contributed by atoms with Crippen molar-refractivity contribution in [3.63, 3.8) is 0 Å². The van der Waals surface area contributed by atoms with E-state index in [1.165, 1.54) is 13.2 Å². The van der Waals surface area contributed by atoms with Crippen LogP contribution in [0.2, 0.25) is 0 Å². The largest absolute Gasteiger partial charge is 0.491 e. The number of hydrogen-bond donors (Lipinski definition) is 1. The molecule has 0 amide bonds. The Balaban J connectivity index is 2.67. The van der Waals surface area contributed by atoms with Gasteiger partial charge in [-0.25, -0.2) is 4.39 Å². The minimum atomic E-state index is -1.11. The van der Waals surface area contributed by atoms with Crippen molar-refractivity contribution in [2.24, 2.45) is 5.73 Å². The van der Waals surface area contributed by atoms with Gasteiger partial charge in [-0.1, -0.05) is 0 Å². The molecule has 1 aromatic rings. The smallest absolute Gasteiger partial charge is 0.325 e. The molecule has 0 saturated carbocycles. The molecule has 0 aliphatic rings. The van der Waals surface area contributed by atoms with Crippen molar-refractivity contribution < 1.29 is 18.7 Å². The first kappa shape index (κ1) is 15.4. The Kier molecular flexibility index (Phi) is 4.89. The summed E-state index contributed by atoms with van der Waals surface area (Å²) in [5.74, 6) is -0.219. The van der Waals surface area contributed by atoms with Gasteiger partial charge in [-0.05, 0) is 44.5 Å². The molecule has 0 radical (unpaired) electrons. The number of rotatable bonds is 5. The molecule has 2 atom stereocenters. The van der Waals surface area contributed by atoms with Gasteiger partial charge in [0.05, 0.1) is 13.2 Å². The summed E-state index contributed by atoms with van der Waals surface area (Å²) in [6.45, 7) is 5.05. The molecule has 19 heavy (non-hydrogen) atoms. The summed E-state index contributed by atoms with van der Waals surface area (Å²) in [6, 6.07) is 4.50. The van der Waals surface area contributed by atoms with Crippen molar-refractivity contribution in [3.05, 3.63) is 29.6 Å². The third-order valence-corrected chi connectivity index (χ3v) is 2.83. The summed E-state index contributed by atoms with van der Waals surface area (Å²) in [6.07, 6.45) is 0.00906. The standard InChI is InChI=1S/C14H20FNO3/c1-9-7-11(5-6-12(9)15)19-10(2)8-14(3,16)13(17)18-4/h5-7,10H,8,16H2,1-4H3. The molecule has 0 fully saturated rings. The molecule has 0 bridgehead atoms. The molecule has 0 spiro atoms. The van der Waals surface area contributed by atoms with Crippen LogP contribution in [0.1, 0.15) is 25.8 Å². The Morgan fingerprint density at radius 1 is 1.53 bits per heavy atom. The zero-order chi connectivity index (χ0) is 14.6. The minimum absolute atomic E-state index is 0.279. The molecule has 1 aromatic carbocycles. The Morgan fingerprint density at radius 2 is 2.16 bits per heavy atom. The number of esters is 1. The van der Waals surface area contributed by atoms with E-state index in [-0.39, 0.29) is 11.9 Å². The number of carbonyl (C=O) groups is 1. The highest BCUT2D eigenvalue weighted by Gasteiger charge is 2.32. The quantitative estimate of drug-likeness (QED) is 0.832. The van der Waals surface area contributed by atoms with Gasteiger partial charge < -0.3 is 15.2 Å². The van der Waals surface area contributed by atoms with Crippen molar-refractivity contribution in [1.29, 1.82) is 0 Å². The summed E-state index contributed by atoms with van der Waals surface area (Å²) in [5.41, 5.74) is 5.26. The maximum absolute atomic E-state index is 13.1. The molecule has 0 aliphatic carbocycles. The number of nitrogens with two attached hydrogens (primary N) is 1. The second-order valence-corrected chi connectivity index (χ2v) is 4.95. The van der Waals surface area contributed by atoms with Crippen LogP contribution in [0.4, 0.5) is 4.39 Å². The molecule has 2 N–H and O–H groups in total. The third kappa shape index (κ3) is 4.21. The molecule has 0 aromatic heterocycles. The van der Waals surface area contributed by atoms with Crippen molar-refractivity contribution >= 4 is 5.97 Å². The van der Waals surface area contributed by atoms with Crippen molar-refractivity contribution in [1.82, 2.24) is 0 Å². The minimum Gasteiger partial charge on any atom is -0.491 e. The molecule has 0 aliphatic heterocycles. The summed E-state index contributed by atoms with van der Waals surface area (Å²) < 4.78 is 23.4. The fraction of sp³-hybridized carbons (Fsp3) is 0.500. The number of benzene rings is 1. The Hall–Kier alpha value is -1.62. The van der Waals surface area contributed by atoms with Gasteiger partial charge in [-0.15, -0.1) is 0 Å². The van der Waals surface area contributed by atoms with Gasteiger partial charge in [0.25, 0.3) is 0 Å². The monoisotopic (exact) mass is 269 g/mol. The van der Waals surface area contributed by atoms with E-state index in [0.29, 0.717) is 17.7 Å². The highest BCUT2D eigenvalue weighted by atomic mass is 19.1. The highest BCUT2D eigenvalue weighted by molar-refractivity contribution is 5.79. The van der Waals surface area contributed by atoms with Crippen LogP contribution in [-0.2, 0) is 9.53 Å². The second-order valence-electron chi connectivity index (χ2n) is 4.95. The second kappa shape index (κ2) is 6.02. The lowest BCUT2D eigenvalue weighted by atomic mass is 9.96. The number of aryl methyl sites for hydroxylation is 1. The summed E-state index contributed by atoms with van der Waals surface area (Å²) in [7, 11) is 1.29. The molecule has 4 nitrogen and oxygen atoms in total. The van der Waals surface area contributed by atoms with E-state index in [1.807, 2.05) is 0 Å². The summed E-state index contributed by atoms with van der Waals surface area (Å²) in [5, 5.41) is 0. The van der Waals surface area contributed by atoms with E-state index in [0.717, 1.165) is 0 Å². The van der Waals surface area contributed by atoms with E-state index in [2.05, 4.69) is 4.74 Å². The summed E-state index contributed by atoms with van der Waals surface area (Å²) >= 11 is 0. The van der Waals surface area contributed by atoms with E-state index in [4.69, 9.17) is 10.5 Å². The SMILES string of the molecule is COC(=O)C(C)(N)CC(C)Oc1ccc(F)c(C)c1. The number of methoxy groups -OCH3 is 1. The van der Waals surface area contributed by atoms with E-state index >= 15 is 0 Å². The van der Waals surface area contributed by atoms with Crippen molar-refractivity contribution in [2.75, 3.05) is 7.11 Å². The molecule has 0 heterocycles. The molecular weight excluding hydrogens is 249 g/mol. The molecule has 1 rings (SSSR count). The van der Waals surface area contributed by atoms with Gasteiger partial charge >= 0.3 is 5.97 Å². The predicted molar refractivity (Wildman–Crippen MR) is 70.5 cm³/mol. The van der Waals surface area contributed by atoms with Gasteiger partial charge in [0.1, 0.15) is 17.1 Å². The van der Waals surface area contributed by atoms with Crippen molar-refractivity contribution in [3.8, 4) is 5.75 Å². The van der Waals surface area contributed by atoms with Crippen molar-refractivity contribution in [2.45, 2.75) is 38.8 Å². The molecular formula is C14H20FNO3. The first-order valence-electron chi connectivity index (χ1n) is 6.06. The van der Waals surface area contributed by atoms with Crippen LogP contribution in [0.25, 0.3) is 0 Å². The fourth-order valence-electron chi connectivity index (χ4n) is 1.88. The van der Waals surface area contributed by atoms with E-state index < -0.39 is 11.5 Å². The van der Waals surface area contributed by atoms with Crippen LogP contribution in [0, 0.1) is 12.7 Å². The normalized spacial score (nSPS) is 15.5. The number of halogens is 1. The first-order chi connectivity index (χ1) is 8.76. The lowest BCUT2D eigenvalue weighted by molar-refractivity contribution is -0.147. The Bertz CT molecular complexity index is 460. The van der Waals surface area contributed by atoms with Gasteiger partial charge in [0.2, 0.25) is 0 Å². The van der Waals surface area contributed by atoms with Crippen LogP contribution in [0.15, 0.2) is 18.2 Å². The van der Waals surface area contributed by atoms with Crippen LogP contribution < -0.4 is 10.5 Å². The lowest BCUT2D eigenvalue weighted by Crippen LogP contribution is -2.48. The van der Waals surface area contributed by atoms with E-state index in [9.17, 15) is 9.18 Å². The molecule has 106 valence electrons. The number of ether oxygens (including phenoxy) is 2. The maximum atomic E-state index is 13.1. The van der Waals surface area contributed by atoms with E-state index in [1.54, 1.807) is 32.9 Å². The molecule has 2 unspecified atom stereocenters. The Morgan fingerprint density at radius 3 is 2.68 bits per heavy atom. The topological polar surface area (TPSA) is 61.5 Å². The zero-order valence-corrected chi connectivity index (χ0v) is 11.7. The number of hydrogen-bond acceptors (Lipinski definition) is 4. The zero-order valence-electron chi connectivity index (χ0n) is 11.7. The molecule has 5 heteroatoms. The average molecular weight is 269 g/mol. The predicted octanol–water partition coefficient (Wildman–Crippen LogP) is 2.18. The molecule has 0 saturated heterocycles. The Labute approximate surface area is 112 Å². The van der Waals surface area contributed by atoms with Gasteiger partial charge in [-0.3, -0.25) is 4.79 Å². The highest BCUT2D eigenvalue weighted by Crippen LogP contribution is 2.20. The average Bonchev–Trinajstić information content (AvgIpc) is 2.32. The van der Waals surface area contributed by atoms with Crippen LogP contribution >= 0.6 is 0 Å². The number of carbonyl (C=O) groups excluding carboxylic acids is 1. The van der Waals surface area contributed by atoms with Gasteiger partial charge in [0.15, 0.2) is 0 Å². The van der Waals surface area contributed by atoms with Gasteiger partial charge in [0, 0.05) is 6.42 Å². The third-order valence-electron chi connectivity index (χ3n) is 2.83. The van der Waals surface area contributed by atoms with Crippen LogP contribution in [0.3, 0.4) is 0 Å². The fourth-order valence-corrected chi connectivity index (χ4v) is 1.88. The maximum Gasteiger partial charge on any atom is 0.325 e. The van der Waals surface area contributed by atoms with Gasteiger partial charge in [-0.2, -0.15) is 0 Å². The van der Waals surface area contributed by atoms with Crippen LogP contribution in [-0.4, -0.2) is 24.7 Å². The summed E-state index contributed by atoms with van der Waals surface area (Å²) in [4.78, 5) is 11.5. The first-order valence-corrected chi connectivity index (χ1v) is 6.06.